The molecule has 5 rings (SSSR count). The number of ether oxygens (including phenoxy) is 1. The van der Waals surface area contributed by atoms with Crippen molar-refractivity contribution >= 4 is 66.8 Å². The zero-order valence-corrected chi connectivity index (χ0v) is 23.5. The number of rotatable bonds is 10. The van der Waals surface area contributed by atoms with Crippen LogP contribution in [0.4, 0.5) is 11.4 Å². The van der Waals surface area contributed by atoms with Gasteiger partial charge in [0, 0.05) is 62.7 Å². The second kappa shape index (κ2) is 10.9. The fraction of sp³-hybridized carbons (Fsp3) is 0.385. The van der Waals surface area contributed by atoms with Crippen LogP contribution < -0.4 is 4.90 Å². The number of carbonyl (C=O) groups is 2. The number of methoxy groups -OCH3 is 1. The van der Waals surface area contributed by atoms with Crippen LogP contribution in [0.25, 0.3) is 10.8 Å². The molecule has 1 amide bonds. The van der Waals surface area contributed by atoms with Gasteiger partial charge in [0.05, 0.1) is 10.6 Å². The van der Waals surface area contributed by atoms with E-state index in [2.05, 4.69) is 0 Å². The highest BCUT2D eigenvalue weighted by atomic mass is 35.5. The highest BCUT2D eigenvalue weighted by Crippen LogP contribution is 2.40. The summed E-state index contributed by atoms with van der Waals surface area (Å²) in [6.45, 7) is 1.29. The molecule has 206 valence electrons. The maximum absolute atomic E-state index is 13.4. The van der Waals surface area contributed by atoms with Gasteiger partial charge in [-0.15, -0.1) is 11.3 Å². The first kappa shape index (κ1) is 27.7. The number of carbonyl (C=O) groups excluding carboxylic acids is 2. The van der Waals surface area contributed by atoms with Gasteiger partial charge in [0.1, 0.15) is 9.99 Å². The van der Waals surface area contributed by atoms with Crippen LogP contribution in [0.15, 0.2) is 40.6 Å². The van der Waals surface area contributed by atoms with Crippen molar-refractivity contribution in [1.29, 1.82) is 0 Å². The van der Waals surface area contributed by atoms with Crippen LogP contribution in [0.1, 0.15) is 35.2 Å². The quantitative estimate of drug-likeness (QED) is 0.190. The fourth-order valence-corrected chi connectivity index (χ4v) is 8.67. The Morgan fingerprint density at radius 3 is 2.79 bits per heavy atom. The van der Waals surface area contributed by atoms with E-state index in [4.69, 9.17) is 16.3 Å². The van der Waals surface area contributed by atoms with Crippen LogP contribution in [-0.4, -0.2) is 62.7 Å². The molecule has 1 atom stereocenters. The molecule has 3 aromatic rings. The number of hydrogen-bond acceptors (Lipinski definition) is 8. The lowest BCUT2D eigenvalue weighted by Gasteiger charge is -2.30. The second-order valence-electron chi connectivity index (χ2n) is 9.60. The first-order chi connectivity index (χ1) is 18.6. The third-order valence-corrected chi connectivity index (χ3v) is 10.9. The maximum Gasteiger partial charge on any atom is 0.300 e. The number of thiophene rings is 1. The summed E-state index contributed by atoms with van der Waals surface area (Å²) < 4.78 is 32.4. The largest absolute Gasteiger partial charge is 0.385 e. The van der Waals surface area contributed by atoms with Gasteiger partial charge in [-0.1, -0.05) is 29.8 Å². The summed E-state index contributed by atoms with van der Waals surface area (Å²) >= 11 is 6.53. The van der Waals surface area contributed by atoms with Crippen molar-refractivity contribution in [3.8, 4) is 0 Å². The number of hydrogen-bond donors (Lipinski definition) is 0. The molecule has 0 N–H and O–H groups in total. The summed E-state index contributed by atoms with van der Waals surface area (Å²) in [5.41, 5.74) is 1.75. The maximum atomic E-state index is 13.4. The third kappa shape index (κ3) is 5.07. The van der Waals surface area contributed by atoms with Crippen molar-refractivity contribution in [3.05, 3.63) is 62.0 Å². The number of amides is 1. The lowest BCUT2D eigenvalue weighted by atomic mass is 9.89. The van der Waals surface area contributed by atoms with Gasteiger partial charge >= 0.3 is 0 Å². The summed E-state index contributed by atoms with van der Waals surface area (Å²) in [5, 5.41) is 12.8. The van der Waals surface area contributed by atoms with E-state index in [0.29, 0.717) is 49.3 Å². The molecule has 1 aromatic heterocycles. The summed E-state index contributed by atoms with van der Waals surface area (Å²) in [6.07, 6.45) is 1.84. The summed E-state index contributed by atoms with van der Waals surface area (Å²) in [5.74, 6) is -0.682. The van der Waals surface area contributed by atoms with Gasteiger partial charge in [-0.3, -0.25) is 19.7 Å². The molecule has 0 aliphatic carbocycles. The minimum atomic E-state index is -4.04. The topological polar surface area (TPSA) is 127 Å². The SMILES string of the molecule is COCCCN1C(=O)c2cccc3c(CC(=O)C4CCCN(S(=O)(=O)c5cc([N+](=O)[O-])c(Cl)s5)C4)ccc1c23. The average Bonchev–Trinajstić information content (AvgIpc) is 3.45. The lowest BCUT2D eigenvalue weighted by molar-refractivity contribution is -0.384. The molecule has 1 unspecified atom stereocenters. The zero-order chi connectivity index (χ0) is 27.9. The number of anilines is 1. The number of nitro groups is 1. The molecule has 10 nitrogen and oxygen atoms in total. The number of halogens is 1. The molecule has 2 aliphatic rings. The van der Waals surface area contributed by atoms with E-state index in [1.54, 1.807) is 18.1 Å². The summed E-state index contributed by atoms with van der Waals surface area (Å²) in [6, 6.07) is 10.2. The van der Waals surface area contributed by atoms with Crippen LogP contribution in [0.5, 0.6) is 0 Å². The van der Waals surface area contributed by atoms with E-state index in [-0.39, 0.29) is 39.7 Å². The molecule has 2 aliphatic heterocycles. The van der Waals surface area contributed by atoms with E-state index < -0.39 is 26.6 Å². The predicted octanol–water partition coefficient (Wildman–Crippen LogP) is 4.67. The van der Waals surface area contributed by atoms with Crippen molar-refractivity contribution in [1.82, 2.24) is 4.31 Å². The summed E-state index contributed by atoms with van der Waals surface area (Å²) in [4.78, 5) is 38.7. The van der Waals surface area contributed by atoms with Crippen LogP contribution in [0.3, 0.4) is 0 Å². The first-order valence-electron chi connectivity index (χ1n) is 12.5. The van der Waals surface area contributed by atoms with E-state index >= 15 is 0 Å². The van der Waals surface area contributed by atoms with Crippen molar-refractivity contribution < 1.29 is 27.7 Å². The smallest absolute Gasteiger partial charge is 0.300 e. The van der Waals surface area contributed by atoms with E-state index in [9.17, 15) is 28.1 Å². The Hall–Kier alpha value is -2.90. The fourth-order valence-electron chi connectivity index (χ4n) is 5.32. The predicted molar refractivity (Wildman–Crippen MR) is 148 cm³/mol. The molecular weight excluding hydrogens is 566 g/mol. The Morgan fingerprint density at radius 1 is 1.28 bits per heavy atom. The second-order valence-corrected chi connectivity index (χ2v) is 13.4. The number of Topliss-reactive ketones (excluding diaryl/α,β-unsaturated/α-hetero) is 1. The molecule has 0 radical (unpaired) electrons. The van der Waals surface area contributed by atoms with Crippen LogP contribution in [-0.2, 0) is 26.0 Å². The minimum Gasteiger partial charge on any atom is -0.385 e. The highest BCUT2D eigenvalue weighted by molar-refractivity contribution is 7.91. The Bertz CT molecular complexity index is 1590. The lowest BCUT2D eigenvalue weighted by Crippen LogP contribution is -2.42. The molecule has 0 bridgehead atoms. The molecule has 1 saturated heterocycles. The Labute approximate surface area is 234 Å². The van der Waals surface area contributed by atoms with Gasteiger partial charge in [0.2, 0.25) is 0 Å². The molecule has 39 heavy (non-hydrogen) atoms. The number of benzene rings is 2. The van der Waals surface area contributed by atoms with E-state index in [1.807, 2.05) is 24.3 Å². The standard InChI is InChI=1S/C26H26ClN3O7S2/c1-37-12-4-11-29-20-9-8-16(18-6-2-7-19(24(18)20)26(29)32)13-22(31)17-5-3-10-28(15-17)39(35,36)23-14-21(30(33)34)25(27)38-23/h2,6-9,14,17H,3-5,10-13,15H2,1H3. The van der Waals surface area contributed by atoms with Gasteiger partial charge in [-0.05, 0) is 42.3 Å². The minimum absolute atomic E-state index is 0.00247. The van der Waals surface area contributed by atoms with E-state index in [0.717, 1.165) is 28.1 Å². The van der Waals surface area contributed by atoms with Gasteiger partial charge in [-0.25, -0.2) is 8.42 Å². The highest BCUT2D eigenvalue weighted by Gasteiger charge is 2.36. The Balaban J connectivity index is 1.36. The monoisotopic (exact) mass is 591 g/mol. The number of piperidine rings is 1. The Kier molecular flexibility index (Phi) is 7.75. The van der Waals surface area contributed by atoms with Gasteiger partial charge < -0.3 is 9.64 Å². The third-order valence-electron chi connectivity index (χ3n) is 7.25. The molecule has 13 heteroatoms. The van der Waals surface area contributed by atoms with Gasteiger partial charge in [0.25, 0.3) is 21.6 Å². The zero-order valence-electron chi connectivity index (χ0n) is 21.1. The normalized spacial score (nSPS) is 17.7. The number of sulfonamides is 1. The molecule has 2 aromatic carbocycles. The molecule has 0 spiro atoms. The number of ketones is 1. The molecule has 3 heterocycles. The average molecular weight is 592 g/mol. The first-order valence-corrected chi connectivity index (χ1v) is 15.1. The molecular formula is C26H26ClN3O7S2. The van der Waals surface area contributed by atoms with Crippen LogP contribution >= 0.6 is 22.9 Å². The number of nitrogens with zero attached hydrogens (tertiary/aromatic N) is 3. The molecule has 0 saturated carbocycles. The van der Waals surface area contributed by atoms with Crippen LogP contribution in [0, 0.1) is 16.0 Å². The van der Waals surface area contributed by atoms with Crippen molar-refractivity contribution in [2.24, 2.45) is 5.92 Å². The van der Waals surface area contributed by atoms with Crippen LogP contribution in [0.2, 0.25) is 4.34 Å². The van der Waals surface area contributed by atoms with E-state index in [1.165, 1.54) is 4.31 Å². The van der Waals surface area contributed by atoms with Crippen molar-refractivity contribution in [2.45, 2.75) is 29.9 Å². The van der Waals surface area contributed by atoms with Gasteiger partial charge in [-0.2, -0.15) is 4.31 Å². The van der Waals surface area contributed by atoms with Crippen molar-refractivity contribution in [3.63, 3.8) is 0 Å². The van der Waals surface area contributed by atoms with Crippen molar-refractivity contribution in [2.75, 3.05) is 38.3 Å². The van der Waals surface area contributed by atoms with Gasteiger partial charge in [0.15, 0.2) is 4.34 Å². The Morgan fingerprint density at radius 2 is 2.08 bits per heavy atom. The summed E-state index contributed by atoms with van der Waals surface area (Å²) in [7, 11) is -2.42. The molecule has 1 fully saturated rings.